The van der Waals surface area contributed by atoms with Crippen molar-refractivity contribution >= 4 is 40.4 Å². The summed E-state index contributed by atoms with van der Waals surface area (Å²) in [5, 5.41) is 9.34. The summed E-state index contributed by atoms with van der Waals surface area (Å²) in [5.41, 5.74) is 4.03. The fraction of sp³-hybridized carbons (Fsp3) is 0.227. The molecule has 0 spiro atoms. The third-order valence-corrected chi connectivity index (χ3v) is 5.45. The molecule has 1 amide bonds. The van der Waals surface area contributed by atoms with Crippen molar-refractivity contribution < 1.29 is 4.79 Å². The highest BCUT2D eigenvalue weighted by atomic mass is 16.1. The van der Waals surface area contributed by atoms with Crippen molar-refractivity contribution in [3.05, 3.63) is 60.3 Å². The molecule has 5 rings (SSSR count). The lowest BCUT2D eigenvalue weighted by Crippen LogP contribution is -2.44. The fourth-order valence-electron chi connectivity index (χ4n) is 3.67. The molecule has 0 bridgehead atoms. The first-order chi connectivity index (χ1) is 14.7. The van der Waals surface area contributed by atoms with Crippen molar-refractivity contribution in [1.82, 2.24) is 14.9 Å². The molecule has 0 saturated carbocycles. The van der Waals surface area contributed by atoms with Crippen molar-refractivity contribution in [2.45, 2.75) is 0 Å². The Hall–Kier alpha value is -3.65. The minimum atomic E-state index is -0.231. The average molecular weight is 401 g/mol. The van der Waals surface area contributed by atoms with Crippen LogP contribution in [0, 0.1) is 0 Å². The Labute approximate surface area is 174 Å². The Kier molecular flexibility index (Phi) is 4.68. The molecule has 1 fully saturated rings. The second kappa shape index (κ2) is 7.64. The van der Waals surface area contributed by atoms with Gasteiger partial charge in [0.05, 0.1) is 11.4 Å². The second-order valence-electron chi connectivity index (χ2n) is 7.54. The lowest BCUT2D eigenvalue weighted by atomic mass is 10.2. The number of hydrogen-bond acceptors (Lipinski definition) is 7. The maximum absolute atomic E-state index is 12.5. The Morgan fingerprint density at radius 1 is 0.933 bits per heavy atom. The van der Waals surface area contributed by atoms with E-state index in [1.54, 1.807) is 0 Å². The third-order valence-electron chi connectivity index (χ3n) is 5.45. The standard InChI is InChI=1S/C22H23N7O/c1-28-10-12-29(13-11-28)16-8-6-15(7-9-16)24-22-23-14-17-20(27-22)25-18-4-2-3-5-19(18)26-21(17)30/h2-9,14H,10-13H2,1H3,(H,26,30)(H2,23,24,25,27). The van der Waals surface area contributed by atoms with Crippen LogP contribution in [0.25, 0.3) is 0 Å². The number of nitrogens with zero attached hydrogens (tertiary/aromatic N) is 4. The molecular weight excluding hydrogens is 378 g/mol. The molecule has 2 aromatic carbocycles. The fourth-order valence-corrected chi connectivity index (χ4v) is 3.67. The van der Waals surface area contributed by atoms with Gasteiger partial charge >= 0.3 is 0 Å². The molecule has 0 unspecified atom stereocenters. The molecule has 0 radical (unpaired) electrons. The van der Waals surface area contributed by atoms with Crippen LogP contribution in [0.3, 0.4) is 0 Å². The number of carbonyl (C=O) groups is 1. The summed E-state index contributed by atoms with van der Waals surface area (Å²) < 4.78 is 0. The molecule has 8 nitrogen and oxygen atoms in total. The quantitative estimate of drug-likeness (QED) is 0.621. The summed E-state index contributed by atoms with van der Waals surface area (Å²) in [7, 11) is 2.15. The first-order valence-electron chi connectivity index (χ1n) is 10.0. The number of carbonyl (C=O) groups excluding carboxylic acids is 1. The van der Waals surface area contributed by atoms with Crippen LogP contribution >= 0.6 is 0 Å². The van der Waals surface area contributed by atoms with E-state index < -0.39 is 0 Å². The number of nitrogens with one attached hydrogen (secondary N) is 3. The van der Waals surface area contributed by atoms with Crippen LogP contribution in [0.1, 0.15) is 10.4 Å². The second-order valence-corrected chi connectivity index (χ2v) is 7.54. The SMILES string of the molecule is CN1CCN(c2ccc(Nc3ncc4c(n3)Nc3ccccc3NC4=O)cc2)CC1. The summed E-state index contributed by atoms with van der Waals surface area (Å²) in [6.07, 6.45) is 1.54. The topological polar surface area (TPSA) is 85.4 Å². The molecule has 152 valence electrons. The molecule has 2 aliphatic heterocycles. The number of piperazine rings is 1. The smallest absolute Gasteiger partial charge is 0.261 e. The van der Waals surface area contributed by atoms with E-state index >= 15 is 0 Å². The molecule has 30 heavy (non-hydrogen) atoms. The number of aromatic nitrogens is 2. The van der Waals surface area contributed by atoms with E-state index in [9.17, 15) is 4.79 Å². The largest absolute Gasteiger partial charge is 0.369 e. The molecule has 3 aromatic rings. The van der Waals surface area contributed by atoms with Crippen LogP contribution in [0.15, 0.2) is 54.7 Å². The number of hydrogen-bond donors (Lipinski definition) is 3. The summed E-state index contributed by atoms with van der Waals surface area (Å²) >= 11 is 0. The lowest BCUT2D eigenvalue weighted by Gasteiger charge is -2.34. The Bertz CT molecular complexity index is 1080. The Morgan fingerprint density at radius 2 is 1.63 bits per heavy atom. The molecule has 3 heterocycles. The molecule has 0 aliphatic carbocycles. The highest BCUT2D eigenvalue weighted by Gasteiger charge is 2.21. The number of benzene rings is 2. The first-order valence-corrected chi connectivity index (χ1v) is 10.0. The van der Waals surface area contributed by atoms with E-state index in [0.717, 1.165) is 43.2 Å². The Morgan fingerprint density at radius 3 is 2.37 bits per heavy atom. The zero-order valence-corrected chi connectivity index (χ0v) is 16.7. The van der Waals surface area contributed by atoms with Gasteiger partial charge in [0, 0.05) is 43.8 Å². The summed E-state index contributed by atoms with van der Waals surface area (Å²) in [5.74, 6) is 0.676. The normalized spacial score (nSPS) is 16.0. The molecule has 8 heteroatoms. The van der Waals surface area contributed by atoms with Crippen LogP contribution in [-0.4, -0.2) is 54.0 Å². The lowest BCUT2D eigenvalue weighted by molar-refractivity contribution is 0.102. The zero-order chi connectivity index (χ0) is 20.5. The number of anilines is 6. The van der Waals surface area contributed by atoms with Crippen LogP contribution < -0.4 is 20.9 Å². The predicted molar refractivity (Wildman–Crippen MR) is 119 cm³/mol. The molecule has 1 saturated heterocycles. The van der Waals surface area contributed by atoms with Gasteiger partial charge in [-0.3, -0.25) is 4.79 Å². The monoisotopic (exact) mass is 401 g/mol. The van der Waals surface area contributed by atoms with Gasteiger partial charge in [-0.05, 0) is 43.4 Å². The molecule has 2 aliphatic rings. The van der Waals surface area contributed by atoms with Crippen molar-refractivity contribution in [2.75, 3.05) is 54.1 Å². The number of rotatable bonds is 3. The van der Waals surface area contributed by atoms with Gasteiger partial charge in [-0.1, -0.05) is 12.1 Å². The summed E-state index contributed by atoms with van der Waals surface area (Å²) in [6, 6.07) is 15.8. The minimum absolute atomic E-state index is 0.231. The number of likely N-dealkylation sites (N-methyl/N-ethyl adjacent to an activating group) is 1. The van der Waals surface area contributed by atoms with E-state index in [2.05, 4.69) is 54.9 Å². The molecule has 1 aromatic heterocycles. The van der Waals surface area contributed by atoms with Crippen molar-refractivity contribution in [2.24, 2.45) is 0 Å². The summed E-state index contributed by atoms with van der Waals surface area (Å²) in [6.45, 7) is 4.22. The Balaban J connectivity index is 1.34. The van der Waals surface area contributed by atoms with Gasteiger partial charge in [-0.25, -0.2) is 4.98 Å². The number of para-hydroxylation sites is 2. The van der Waals surface area contributed by atoms with Gasteiger partial charge in [0.1, 0.15) is 11.4 Å². The molecule has 3 N–H and O–H groups in total. The van der Waals surface area contributed by atoms with Gasteiger partial charge in [0.25, 0.3) is 5.91 Å². The molecular formula is C22H23N7O. The van der Waals surface area contributed by atoms with Crippen molar-refractivity contribution in [3.63, 3.8) is 0 Å². The van der Waals surface area contributed by atoms with Crippen LogP contribution in [0.5, 0.6) is 0 Å². The number of fused-ring (bicyclic) bond motifs is 2. The van der Waals surface area contributed by atoms with Crippen LogP contribution in [0.2, 0.25) is 0 Å². The highest BCUT2D eigenvalue weighted by Crippen LogP contribution is 2.31. The summed E-state index contributed by atoms with van der Waals surface area (Å²) in [4.78, 5) is 26.1. The average Bonchev–Trinajstić information content (AvgIpc) is 2.90. The van der Waals surface area contributed by atoms with Crippen LogP contribution in [-0.2, 0) is 0 Å². The van der Waals surface area contributed by atoms with Gasteiger partial charge < -0.3 is 25.8 Å². The van der Waals surface area contributed by atoms with E-state index in [1.165, 1.54) is 11.9 Å². The van der Waals surface area contributed by atoms with E-state index in [0.29, 0.717) is 17.3 Å². The zero-order valence-electron chi connectivity index (χ0n) is 16.7. The minimum Gasteiger partial charge on any atom is -0.369 e. The van der Waals surface area contributed by atoms with Gasteiger partial charge in [-0.2, -0.15) is 4.98 Å². The van der Waals surface area contributed by atoms with E-state index in [1.807, 2.05) is 36.4 Å². The molecule has 0 atom stereocenters. The van der Waals surface area contributed by atoms with E-state index in [-0.39, 0.29) is 5.91 Å². The van der Waals surface area contributed by atoms with E-state index in [4.69, 9.17) is 0 Å². The predicted octanol–water partition coefficient (Wildman–Crippen LogP) is 3.28. The number of amides is 1. The van der Waals surface area contributed by atoms with Gasteiger partial charge in [-0.15, -0.1) is 0 Å². The maximum Gasteiger partial charge on any atom is 0.261 e. The van der Waals surface area contributed by atoms with Gasteiger partial charge in [0.2, 0.25) is 5.95 Å². The van der Waals surface area contributed by atoms with Crippen molar-refractivity contribution in [3.8, 4) is 0 Å². The van der Waals surface area contributed by atoms with Crippen LogP contribution in [0.4, 0.5) is 34.5 Å². The maximum atomic E-state index is 12.5. The third kappa shape index (κ3) is 3.65. The van der Waals surface area contributed by atoms with Gasteiger partial charge in [0.15, 0.2) is 0 Å². The highest BCUT2D eigenvalue weighted by molar-refractivity contribution is 6.11. The van der Waals surface area contributed by atoms with Crippen molar-refractivity contribution in [1.29, 1.82) is 0 Å². The first kappa shape index (κ1) is 18.4.